The molecule has 0 bridgehead atoms. The standard InChI is InChI=1S/C15H19N3O/c16-10-3-4-11-17-15(19)18-14-9-5-7-12-6-1-2-8-13(12)14/h1-2,5-9H,3-4,10-11,16H2,(H2,17,18,19). The van der Waals surface area contributed by atoms with Crippen molar-refractivity contribution in [3.63, 3.8) is 0 Å². The first kappa shape index (κ1) is 13.4. The van der Waals surface area contributed by atoms with Crippen LogP contribution in [0, 0.1) is 0 Å². The highest BCUT2D eigenvalue weighted by Gasteiger charge is 2.04. The van der Waals surface area contributed by atoms with Crippen LogP contribution in [-0.4, -0.2) is 19.1 Å². The number of benzene rings is 2. The lowest BCUT2D eigenvalue weighted by Gasteiger charge is -2.09. The largest absolute Gasteiger partial charge is 0.338 e. The van der Waals surface area contributed by atoms with Crippen molar-refractivity contribution in [1.29, 1.82) is 0 Å². The number of rotatable bonds is 5. The molecule has 2 aromatic rings. The SMILES string of the molecule is NCCCCNC(=O)Nc1cccc2ccccc12. The van der Waals surface area contributed by atoms with Crippen LogP contribution in [0.4, 0.5) is 10.5 Å². The number of nitrogens with one attached hydrogen (secondary N) is 2. The van der Waals surface area contributed by atoms with Crippen molar-refractivity contribution in [2.24, 2.45) is 5.73 Å². The Hall–Kier alpha value is -2.07. The van der Waals surface area contributed by atoms with Gasteiger partial charge in [-0.15, -0.1) is 0 Å². The molecule has 2 aromatic carbocycles. The van der Waals surface area contributed by atoms with Crippen molar-refractivity contribution in [3.8, 4) is 0 Å². The van der Waals surface area contributed by atoms with Gasteiger partial charge < -0.3 is 16.4 Å². The highest BCUT2D eigenvalue weighted by atomic mass is 16.2. The Kier molecular flexibility index (Phi) is 4.75. The number of amides is 2. The fraction of sp³-hybridized carbons (Fsp3) is 0.267. The lowest BCUT2D eigenvalue weighted by Crippen LogP contribution is -2.29. The van der Waals surface area contributed by atoms with E-state index >= 15 is 0 Å². The number of fused-ring (bicyclic) bond motifs is 1. The zero-order valence-corrected chi connectivity index (χ0v) is 10.9. The second-order valence-corrected chi connectivity index (χ2v) is 4.40. The summed E-state index contributed by atoms with van der Waals surface area (Å²) >= 11 is 0. The summed E-state index contributed by atoms with van der Waals surface area (Å²) in [6, 6.07) is 13.7. The number of carbonyl (C=O) groups is 1. The molecule has 0 spiro atoms. The van der Waals surface area contributed by atoms with Gasteiger partial charge in [0.1, 0.15) is 0 Å². The molecule has 0 radical (unpaired) electrons. The molecule has 0 aliphatic rings. The van der Waals surface area contributed by atoms with E-state index in [1.165, 1.54) is 0 Å². The molecule has 0 heterocycles. The van der Waals surface area contributed by atoms with Gasteiger partial charge in [-0.2, -0.15) is 0 Å². The lowest BCUT2D eigenvalue weighted by molar-refractivity contribution is 0.252. The molecule has 0 atom stereocenters. The van der Waals surface area contributed by atoms with E-state index < -0.39 is 0 Å². The van der Waals surface area contributed by atoms with Gasteiger partial charge >= 0.3 is 6.03 Å². The normalized spacial score (nSPS) is 10.4. The molecule has 0 unspecified atom stereocenters. The molecule has 4 heteroatoms. The predicted octanol–water partition coefficient (Wildman–Crippen LogP) is 2.70. The summed E-state index contributed by atoms with van der Waals surface area (Å²) in [6.45, 7) is 1.31. The molecular formula is C15H19N3O. The third-order valence-electron chi connectivity index (χ3n) is 2.95. The maximum absolute atomic E-state index is 11.8. The van der Waals surface area contributed by atoms with Gasteiger partial charge in [-0.05, 0) is 30.8 Å². The van der Waals surface area contributed by atoms with E-state index in [1.807, 2.05) is 42.5 Å². The van der Waals surface area contributed by atoms with E-state index in [1.54, 1.807) is 0 Å². The first-order valence-electron chi connectivity index (χ1n) is 6.54. The van der Waals surface area contributed by atoms with Crippen LogP contribution >= 0.6 is 0 Å². The summed E-state index contributed by atoms with van der Waals surface area (Å²) < 4.78 is 0. The van der Waals surface area contributed by atoms with Crippen LogP contribution in [0.1, 0.15) is 12.8 Å². The Morgan fingerprint density at radius 3 is 2.68 bits per heavy atom. The van der Waals surface area contributed by atoms with Crippen molar-refractivity contribution in [3.05, 3.63) is 42.5 Å². The number of urea groups is 1. The third kappa shape index (κ3) is 3.69. The van der Waals surface area contributed by atoms with E-state index in [9.17, 15) is 4.79 Å². The zero-order chi connectivity index (χ0) is 13.5. The molecule has 19 heavy (non-hydrogen) atoms. The van der Waals surface area contributed by atoms with Crippen LogP contribution in [0.2, 0.25) is 0 Å². The molecular weight excluding hydrogens is 238 g/mol. The van der Waals surface area contributed by atoms with Gasteiger partial charge in [-0.3, -0.25) is 0 Å². The quantitative estimate of drug-likeness (QED) is 0.721. The average molecular weight is 257 g/mol. The van der Waals surface area contributed by atoms with Crippen LogP contribution in [0.15, 0.2) is 42.5 Å². The molecule has 4 N–H and O–H groups in total. The minimum Gasteiger partial charge on any atom is -0.338 e. The van der Waals surface area contributed by atoms with Crippen LogP contribution in [0.5, 0.6) is 0 Å². The molecule has 100 valence electrons. The van der Waals surface area contributed by atoms with Crippen LogP contribution < -0.4 is 16.4 Å². The molecule has 0 aliphatic heterocycles. The van der Waals surface area contributed by atoms with E-state index in [-0.39, 0.29) is 6.03 Å². The summed E-state index contributed by atoms with van der Waals surface area (Å²) in [5, 5.41) is 7.86. The number of hydrogen-bond donors (Lipinski definition) is 3. The number of nitrogens with two attached hydrogens (primary N) is 1. The minimum atomic E-state index is -0.173. The first-order chi connectivity index (χ1) is 9.31. The molecule has 2 rings (SSSR count). The molecule has 0 saturated carbocycles. The molecule has 0 saturated heterocycles. The maximum Gasteiger partial charge on any atom is 0.319 e. The third-order valence-corrected chi connectivity index (χ3v) is 2.95. The smallest absolute Gasteiger partial charge is 0.319 e. The van der Waals surface area contributed by atoms with Crippen molar-refractivity contribution in [1.82, 2.24) is 5.32 Å². The van der Waals surface area contributed by atoms with E-state index in [0.717, 1.165) is 29.3 Å². The number of anilines is 1. The zero-order valence-electron chi connectivity index (χ0n) is 10.9. The Labute approximate surface area is 113 Å². The topological polar surface area (TPSA) is 67.1 Å². The van der Waals surface area contributed by atoms with Gasteiger partial charge in [0.15, 0.2) is 0 Å². The van der Waals surface area contributed by atoms with Crippen LogP contribution in [-0.2, 0) is 0 Å². The van der Waals surface area contributed by atoms with Gasteiger partial charge in [0.2, 0.25) is 0 Å². The van der Waals surface area contributed by atoms with Crippen molar-refractivity contribution < 1.29 is 4.79 Å². The fourth-order valence-electron chi connectivity index (χ4n) is 1.97. The molecule has 0 aromatic heterocycles. The summed E-state index contributed by atoms with van der Waals surface area (Å²) in [7, 11) is 0. The van der Waals surface area contributed by atoms with Crippen molar-refractivity contribution in [2.75, 3.05) is 18.4 Å². The van der Waals surface area contributed by atoms with Gasteiger partial charge in [-0.1, -0.05) is 36.4 Å². The van der Waals surface area contributed by atoms with Crippen molar-refractivity contribution in [2.45, 2.75) is 12.8 Å². The molecule has 4 nitrogen and oxygen atoms in total. The molecule has 0 fully saturated rings. The maximum atomic E-state index is 11.8. The summed E-state index contributed by atoms with van der Waals surface area (Å²) in [6.07, 6.45) is 1.83. The van der Waals surface area contributed by atoms with Gasteiger partial charge in [0.25, 0.3) is 0 Å². The van der Waals surface area contributed by atoms with Crippen LogP contribution in [0.3, 0.4) is 0 Å². The van der Waals surface area contributed by atoms with Crippen LogP contribution in [0.25, 0.3) is 10.8 Å². The van der Waals surface area contributed by atoms with Gasteiger partial charge in [0.05, 0.1) is 5.69 Å². The average Bonchev–Trinajstić information content (AvgIpc) is 2.44. The molecule has 0 aliphatic carbocycles. The fourth-order valence-corrected chi connectivity index (χ4v) is 1.97. The lowest BCUT2D eigenvalue weighted by atomic mass is 10.1. The van der Waals surface area contributed by atoms with Crippen molar-refractivity contribution >= 4 is 22.5 Å². The van der Waals surface area contributed by atoms with E-state index in [4.69, 9.17) is 5.73 Å². The second-order valence-electron chi connectivity index (χ2n) is 4.40. The Bertz CT molecular complexity index is 549. The number of hydrogen-bond acceptors (Lipinski definition) is 2. The summed E-state index contributed by atoms with van der Waals surface area (Å²) in [5.74, 6) is 0. The minimum absolute atomic E-state index is 0.173. The highest BCUT2D eigenvalue weighted by Crippen LogP contribution is 2.22. The second kappa shape index (κ2) is 6.75. The summed E-state index contributed by atoms with van der Waals surface area (Å²) in [4.78, 5) is 11.8. The monoisotopic (exact) mass is 257 g/mol. The van der Waals surface area contributed by atoms with Gasteiger partial charge in [-0.25, -0.2) is 4.79 Å². The summed E-state index contributed by atoms with van der Waals surface area (Å²) in [5.41, 5.74) is 6.23. The molecule has 2 amide bonds. The van der Waals surface area contributed by atoms with E-state index in [0.29, 0.717) is 13.1 Å². The Balaban J connectivity index is 1.99. The Morgan fingerprint density at radius 1 is 1.05 bits per heavy atom. The first-order valence-corrected chi connectivity index (χ1v) is 6.54. The van der Waals surface area contributed by atoms with E-state index in [2.05, 4.69) is 10.6 Å². The van der Waals surface area contributed by atoms with Gasteiger partial charge in [0, 0.05) is 11.9 Å². The number of unbranched alkanes of at least 4 members (excludes halogenated alkanes) is 1. The number of carbonyl (C=O) groups excluding carboxylic acids is 1. The predicted molar refractivity (Wildman–Crippen MR) is 79.3 cm³/mol. The highest BCUT2D eigenvalue weighted by molar-refractivity contribution is 6.01. The Morgan fingerprint density at radius 2 is 1.84 bits per heavy atom.